The SMILES string of the molecule is CCCC[P+]1(CCCC)C(O)CCC1O.[Cl-]. The van der Waals surface area contributed by atoms with Gasteiger partial charge in [0, 0.05) is 12.8 Å². The minimum atomic E-state index is -1.45. The van der Waals surface area contributed by atoms with E-state index in [0.29, 0.717) is 0 Å². The van der Waals surface area contributed by atoms with Crippen molar-refractivity contribution in [2.24, 2.45) is 0 Å². The lowest BCUT2D eigenvalue weighted by Crippen LogP contribution is -3.00. The molecule has 0 radical (unpaired) electrons. The maximum Gasteiger partial charge on any atom is 0.166 e. The summed E-state index contributed by atoms with van der Waals surface area (Å²) < 4.78 is 0. The highest BCUT2D eigenvalue weighted by Crippen LogP contribution is 2.72. The first-order valence-corrected chi connectivity index (χ1v) is 8.69. The van der Waals surface area contributed by atoms with Crippen LogP contribution in [0.1, 0.15) is 52.4 Å². The quantitative estimate of drug-likeness (QED) is 0.668. The van der Waals surface area contributed by atoms with E-state index in [9.17, 15) is 10.2 Å². The van der Waals surface area contributed by atoms with Crippen molar-refractivity contribution in [3.63, 3.8) is 0 Å². The van der Waals surface area contributed by atoms with Crippen molar-refractivity contribution in [1.82, 2.24) is 0 Å². The maximum atomic E-state index is 10.2. The highest BCUT2D eigenvalue weighted by molar-refractivity contribution is 7.77. The van der Waals surface area contributed by atoms with Crippen LogP contribution >= 0.6 is 7.26 Å². The predicted molar refractivity (Wildman–Crippen MR) is 67.7 cm³/mol. The van der Waals surface area contributed by atoms with Crippen LogP contribution in [0.25, 0.3) is 0 Å². The molecule has 1 rings (SSSR count). The highest BCUT2D eigenvalue weighted by atomic mass is 35.5. The first-order chi connectivity index (χ1) is 7.17. The van der Waals surface area contributed by atoms with E-state index in [-0.39, 0.29) is 24.1 Å². The topological polar surface area (TPSA) is 40.5 Å². The molecule has 0 saturated carbocycles. The van der Waals surface area contributed by atoms with E-state index in [4.69, 9.17) is 0 Å². The van der Waals surface area contributed by atoms with Gasteiger partial charge in [-0.25, -0.2) is 0 Å². The Morgan fingerprint density at radius 2 is 1.31 bits per heavy atom. The highest BCUT2D eigenvalue weighted by Gasteiger charge is 2.54. The minimum absolute atomic E-state index is 0. The molecular formula is C12H26ClO2P. The van der Waals surface area contributed by atoms with Crippen LogP contribution in [0, 0.1) is 0 Å². The van der Waals surface area contributed by atoms with Crippen LogP contribution in [-0.4, -0.2) is 34.2 Å². The fourth-order valence-corrected chi connectivity index (χ4v) is 7.57. The second-order valence-corrected chi connectivity index (χ2v) is 9.09. The number of unbranched alkanes of at least 4 members (excludes halogenated alkanes) is 2. The van der Waals surface area contributed by atoms with Gasteiger partial charge in [-0.15, -0.1) is 0 Å². The van der Waals surface area contributed by atoms with E-state index in [1.807, 2.05) is 0 Å². The second-order valence-electron chi connectivity index (χ2n) is 4.80. The summed E-state index contributed by atoms with van der Waals surface area (Å²) in [6.45, 7) is 4.37. The summed E-state index contributed by atoms with van der Waals surface area (Å²) in [6, 6.07) is 0. The lowest BCUT2D eigenvalue weighted by atomic mass is 10.3. The third-order valence-corrected chi connectivity index (χ3v) is 8.91. The molecule has 0 amide bonds. The summed E-state index contributed by atoms with van der Waals surface area (Å²) in [5, 5.41) is 20.3. The maximum absolute atomic E-state index is 10.2. The summed E-state index contributed by atoms with van der Waals surface area (Å²) in [7, 11) is -1.45. The predicted octanol–water partition coefficient (Wildman–Crippen LogP) is 0.0388. The lowest BCUT2D eigenvalue weighted by molar-refractivity contribution is -0.00000574. The van der Waals surface area contributed by atoms with Crippen LogP contribution in [0.5, 0.6) is 0 Å². The fraction of sp³-hybridized carbons (Fsp3) is 1.00. The van der Waals surface area contributed by atoms with Gasteiger partial charge < -0.3 is 22.6 Å². The number of hydrogen-bond acceptors (Lipinski definition) is 2. The van der Waals surface area contributed by atoms with Crippen molar-refractivity contribution >= 4 is 7.26 Å². The fourth-order valence-electron chi connectivity index (χ4n) is 2.62. The molecule has 2 atom stereocenters. The molecule has 16 heavy (non-hydrogen) atoms. The van der Waals surface area contributed by atoms with Crippen molar-refractivity contribution < 1.29 is 22.6 Å². The Bertz CT molecular complexity index is 170. The summed E-state index contributed by atoms with van der Waals surface area (Å²) >= 11 is 0. The molecule has 98 valence electrons. The first kappa shape index (κ1) is 16.6. The molecule has 0 aromatic carbocycles. The minimum Gasteiger partial charge on any atom is -1.00 e. The molecule has 0 bridgehead atoms. The van der Waals surface area contributed by atoms with Gasteiger partial charge in [0.25, 0.3) is 0 Å². The van der Waals surface area contributed by atoms with Crippen molar-refractivity contribution in [1.29, 1.82) is 0 Å². The third-order valence-electron chi connectivity index (χ3n) is 3.73. The van der Waals surface area contributed by atoms with Gasteiger partial charge >= 0.3 is 0 Å². The zero-order valence-electron chi connectivity index (χ0n) is 10.5. The zero-order chi connectivity index (χ0) is 11.3. The van der Waals surface area contributed by atoms with Crippen molar-refractivity contribution in [3.8, 4) is 0 Å². The summed E-state index contributed by atoms with van der Waals surface area (Å²) in [6.07, 6.45) is 8.57. The van der Waals surface area contributed by atoms with E-state index in [1.165, 1.54) is 25.7 Å². The average molecular weight is 269 g/mol. The Kier molecular flexibility index (Phi) is 8.18. The van der Waals surface area contributed by atoms with Gasteiger partial charge in [-0.3, -0.25) is 0 Å². The van der Waals surface area contributed by atoms with Gasteiger partial charge in [0.1, 0.15) is 0 Å². The van der Waals surface area contributed by atoms with E-state index < -0.39 is 7.26 Å². The van der Waals surface area contributed by atoms with Gasteiger partial charge in [-0.2, -0.15) is 0 Å². The molecule has 1 saturated heterocycles. The van der Waals surface area contributed by atoms with E-state index >= 15 is 0 Å². The van der Waals surface area contributed by atoms with Crippen molar-refractivity contribution in [3.05, 3.63) is 0 Å². The zero-order valence-corrected chi connectivity index (χ0v) is 12.2. The molecule has 2 N–H and O–H groups in total. The molecule has 0 spiro atoms. The van der Waals surface area contributed by atoms with Gasteiger partial charge in [-0.05, 0) is 12.8 Å². The molecular weight excluding hydrogens is 243 g/mol. The van der Waals surface area contributed by atoms with Gasteiger partial charge in [-0.1, -0.05) is 26.7 Å². The molecule has 2 unspecified atom stereocenters. The van der Waals surface area contributed by atoms with Crippen LogP contribution in [-0.2, 0) is 0 Å². The Morgan fingerprint density at radius 1 is 0.938 bits per heavy atom. The molecule has 2 nitrogen and oxygen atoms in total. The molecule has 1 fully saturated rings. The van der Waals surface area contributed by atoms with Crippen LogP contribution in [0.15, 0.2) is 0 Å². The molecule has 1 aliphatic rings. The number of aliphatic hydroxyl groups is 2. The van der Waals surface area contributed by atoms with Crippen molar-refractivity contribution in [2.45, 2.75) is 64.1 Å². The molecule has 0 aromatic heterocycles. The van der Waals surface area contributed by atoms with Crippen molar-refractivity contribution in [2.75, 3.05) is 12.3 Å². The van der Waals surface area contributed by atoms with E-state index in [0.717, 1.165) is 25.2 Å². The Balaban J connectivity index is 0.00000225. The second kappa shape index (κ2) is 7.87. The molecule has 1 aliphatic heterocycles. The standard InChI is InChI=1S/C12H26O2P.ClH/c1-3-5-9-15(10-6-4-2)11(13)7-8-12(15)14;/h11-14H,3-10H2,1-2H3;1H/q+1;/p-1. The van der Waals surface area contributed by atoms with Gasteiger partial charge in [0.05, 0.1) is 19.6 Å². The lowest BCUT2D eigenvalue weighted by Gasteiger charge is -2.28. The summed E-state index contributed by atoms with van der Waals surface area (Å²) in [5.74, 6) is -0.323. The van der Waals surface area contributed by atoms with Gasteiger partial charge in [0.2, 0.25) is 0 Å². The monoisotopic (exact) mass is 268 g/mol. The largest absolute Gasteiger partial charge is 1.00 e. The van der Waals surface area contributed by atoms with Crippen LogP contribution < -0.4 is 12.4 Å². The van der Waals surface area contributed by atoms with Crippen LogP contribution in [0.3, 0.4) is 0 Å². The normalized spacial score (nSPS) is 27.8. The molecule has 4 heteroatoms. The smallest absolute Gasteiger partial charge is 0.166 e. The van der Waals surface area contributed by atoms with Gasteiger partial charge in [0.15, 0.2) is 11.7 Å². The number of rotatable bonds is 6. The number of hydrogen-bond donors (Lipinski definition) is 2. The summed E-state index contributed by atoms with van der Waals surface area (Å²) in [4.78, 5) is 0. The summed E-state index contributed by atoms with van der Waals surface area (Å²) in [5.41, 5.74) is 0. The van der Waals surface area contributed by atoms with Crippen LogP contribution in [0.4, 0.5) is 0 Å². The Labute approximate surface area is 107 Å². The number of aliphatic hydroxyl groups excluding tert-OH is 2. The third kappa shape index (κ3) is 3.57. The number of halogens is 1. The average Bonchev–Trinajstić information content (AvgIpc) is 2.51. The van der Waals surface area contributed by atoms with E-state index in [1.54, 1.807) is 0 Å². The Hall–Kier alpha value is 0.640. The molecule has 0 aliphatic carbocycles. The molecule has 1 heterocycles. The Morgan fingerprint density at radius 3 is 1.62 bits per heavy atom. The first-order valence-electron chi connectivity index (χ1n) is 6.40. The van der Waals surface area contributed by atoms with Crippen LogP contribution in [0.2, 0.25) is 0 Å². The van der Waals surface area contributed by atoms with E-state index in [2.05, 4.69) is 13.8 Å². The molecule has 0 aromatic rings.